The minimum Gasteiger partial charge on any atom is -0.348 e. The third-order valence-electron chi connectivity index (χ3n) is 4.34. The van der Waals surface area contributed by atoms with Gasteiger partial charge in [-0.25, -0.2) is 8.78 Å². The summed E-state index contributed by atoms with van der Waals surface area (Å²) in [7, 11) is 0. The molecule has 0 radical (unpaired) electrons. The first kappa shape index (κ1) is 15.4. The van der Waals surface area contributed by atoms with Crippen molar-refractivity contribution in [1.29, 1.82) is 0 Å². The van der Waals surface area contributed by atoms with Crippen molar-refractivity contribution in [2.24, 2.45) is 0 Å². The van der Waals surface area contributed by atoms with Crippen LogP contribution in [0.2, 0.25) is 0 Å². The van der Waals surface area contributed by atoms with Crippen LogP contribution in [0.4, 0.5) is 8.78 Å². The van der Waals surface area contributed by atoms with Crippen LogP contribution in [0.1, 0.15) is 27.0 Å². The van der Waals surface area contributed by atoms with Crippen LogP contribution in [0.5, 0.6) is 0 Å². The van der Waals surface area contributed by atoms with Gasteiger partial charge in [0.05, 0.1) is 6.20 Å². The smallest absolute Gasteiger partial charge is 0.251 e. The summed E-state index contributed by atoms with van der Waals surface area (Å²) < 4.78 is 27.2. The zero-order valence-electron chi connectivity index (χ0n) is 13.2. The maximum atomic E-state index is 14.0. The summed E-state index contributed by atoms with van der Waals surface area (Å²) in [5.74, 6) is -0.932. The second-order valence-electron chi connectivity index (χ2n) is 6.02. The van der Waals surface area contributed by atoms with E-state index in [0.29, 0.717) is 23.1 Å². The number of nitrogens with one attached hydrogen (secondary N) is 1. The van der Waals surface area contributed by atoms with Crippen LogP contribution in [0, 0.1) is 11.6 Å². The van der Waals surface area contributed by atoms with Crippen molar-refractivity contribution in [3.8, 4) is 11.1 Å². The fourth-order valence-corrected chi connectivity index (χ4v) is 3.17. The van der Waals surface area contributed by atoms with E-state index in [1.54, 1.807) is 36.5 Å². The van der Waals surface area contributed by atoms with Crippen molar-refractivity contribution in [1.82, 2.24) is 10.3 Å². The van der Waals surface area contributed by atoms with E-state index in [1.807, 2.05) is 0 Å². The van der Waals surface area contributed by atoms with Crippen molar-refractivity contribution < 1.29 is 13.6 Å². The number of halogens is 2. The minimum atomic E-state index is -0.348. The lowest BCUT2D eigenvalue weighted by Crippen LogP contribution is -2.22. The van der Waals surface area contributed by atoms with Crippen LogP contribution in [0.3, 0.4) is 0 Å². The quantitative estimate of drug-likeness (QED) is 0.617. The lowest BCUT2D eigenvalue weighted by atomic mass is 10.0. The fourth-order valence-electron chi connectivity index (χ4n) is 3.17. The maximum absolute atomic E-state index is 14.0. The van der Waals surface area contributed by atoms with Gasteiger partial charge in [0, 0.05) is 30.3 Å². The number of carbonyl (C=O) groups excluding carboxylic acids is 1. The van der Waals surface area contributed by atoms with Crippen LogP contribution in [0.25, 0.3) is 11.1 Å². The van der Waals surface area contributed by atoms with Crippen molar-refractivity contribution >= 4 is 5.91 Å². The fraction of sp³-hybridized carbons (Fsp3) is 0.100. The number of nitrogens with zero attached hydrogens (tertiary/aromatic N) is 1. The van der Waals surface area contributed by atoms with Gasteiger partial charge < -0.3 is 5.32 Å². The normalized spacial score (nSPS) is 11.8. The Morgan fingerprint density at radius 2 is 1.96 bits per heavy atom. The van der Waals surface area contributed by atoms with Crippen LogP contribution in [-0.2, 0) is 13.0 Å². The van der Waals surface area contributed by atoms with Crippen molar-refractivity contribution in [2.75, 3.05) is 0 Å². The predicted molar refractivity (Wildman–Crippen MR) is 90.0 cm³/mol. The van der Waals surface area contributed by atoms with Crippen LogP contribution in [-0.4, -0.2) is 10.9 Å². The van der Waals surface area contributed by atoms with Gasteiger partial charge in [0.15, 0.2) is 0 Å². The summed E-state index contributed by atoms with van der Waals surface area (Å²) in [6, 6.07) is 11.3. The molecule has 1 aromatic heterocycles. The Hall–Kier alpha value is -3.08. The highest BCUT2D eigenvalue weighted by molar-refractivity contribution is 5.95. The average Bonchev–Trinajstić information content (AvgIpc) is 2.98. The van der Waals surface area contributed by atoms with Gasteiger partial charge in [-0.3, -0.25) is 9.78 Å². The summed E-state index contributed by atoms with van der Waals surface area (Å²) in [5.41, 5.74) is 4.28. The van der Waals surface area contributed by atoms with Gasteiger partial charge in [-0.05, 0) is 46.5 Å². The van der Waals surface area contributed by atoms with E-state index in [1.165, 1.54) is 18.3 Å². The molecule has 3 aromatic rings. The third-order valence-corrected chi connectivity index (χ3v) is 4.34. The molecule has 0 atom stereocenters. The Bertz CT molecular complexity index is 985. The minimum absolute atomic E-state index is 0.243. The molecule has 3 nitrogen and oxygen atoms in total. The highest BCUT2D eigenvalue weighted by Gasteiger charge is 2.23. The molecule has 1 heterocycles. The molecule has 0 saturated heterocycles. The lowest BCUT2D eigenvalue weighted by molar-refractivity contribution is 0.0951. The molecule has 0 aliphatic heterocycles. The van der Waals surface area contributed by atoms with Crippen molar-refractivity contribution in [3.05, 3.63) is 88.7 Å². The molecule has 1 amide bonds. The van der Waals surface area contributed by atoms with E-state index < -0.39 is 0 Å². The van der Waals surface area contributed by atoms with Crippen LogP contribution in [0.15, 0.2) is 54.9 Å². The average molecular weight is 336 g/mol. The predicted octanol–water partition coefficient (Wildman–Crippen LogP) is 3.86. The first-order chi connectivity index (χ1) is 12.1. The van der Waals surface area contributed by atoms with Crippen molar-refractivity contribution in [3.63, 3.8) is 0 Å². The molecule has 1 N–H and O–H groups in total. The molecule has 25 heavy (non-hydrogen) atoms. The summed E-state index contributed by atoms with van der Waals surface area (Å²) in [4.78, 5) is 16.2. The topological polar surface area (TPSA) is 42.0 Å². The van der Waals surface area contributed by atoms with Gasteiger partial charge in [-0.2, -0.15) is 0 Å². The Kier molecular flexibility index (Phi) is 3.76. The van der Waals surface area contributed by atoms with E-state index in [0.717, 1.165) is 16.7 Å². The van der Waals surface area contributed by atoms with Gasteiger partial charge in [-0.15, -0.1) is 0 Å². The zero-order chi connectivity index (χ0) is 17.4. The molecule has 2 aromatic carbocycles. The third kappa shape index (κ3) is 2.89. The van der Waals surface area contributed by atoms with Gasteiger partial charge >= 0.3 is 0 Å². The van der Waals surface area contributed by atoms with E-state index in [2.05, 4.69) is 10.3 Å². The van der Waals surface area contributed by atoms with Gasteiger partial charge in [-0.1, -0.05) is 18.2 Å². The molecule has 0 unspecified atom stereocenters. The number of rotatable bonds is 3. The van der Waals surface area contributed by atoms with Gasteiger partial charge in [0.25, 0.3) is 5.91 Å². The highest BCUT2D eigenvalue weighted by Crippen LogP contribution is 2.38. The molecule has 1 aliphatic carbocycles. The summed E-state index contributed by atoms with van der Waals surface area (Å²) in [6.45, 7) is 0.243. The number of amides is 1. The number of aromatic nitrogens is 1. The lowest BCUT2D eigenvalue weighted by Gasteiger charge is -2.08. The zero-order valence-corrected chi connectivity index (χ0v) is 13.2. The van der Waals surface area contributed by atoms with Gasteiger partial charge in [0.2, 0.25) is 0 Å². The first-order valence-electron chi connectivity index (χ1n) is 7.90. The van der Waals surface area contributed by atoms with E-state index >= 15 is 0 Å². The van der Waals surface area contributed by atoms with Crippen LogP contribution >= 0.6 is 0 Å². The molecule has 0 saturated carbocycles. The van der Waals surface area contributed by atoms with E-state index in [4.69, 9.17) is 0 Å². The number of carbonyl (C=O) groups is 1. The number of hydrogen-bond acceptors (Lipinski definition) is 2. The van der Waals surface area contributed by atoms with Crippen LogP contribution < -0.4 is 5.32 Å². The SMILES string of the molecule is O=C(NCc1cccc(F)c1)c1ccc2c(c1)Cc1cncc(F)c1-2. The maximum Gasteiger partial charge on any atom is 0.251 e. The summed E-state index contributed by atoms with van der Waals surface area (Å²) in [6.07, 6.45) is 3.41. The Morgan fingerprint density at radius 3 is 2.80 bits per heavy atom. The monoisotopic (exact) mass is 336 g/mol. The molecule has 1 aliphatic rings. The number of fused-ring (bicyclic) bond motifs is 3. The standard InChI is InChI=1S/C20H14F2N2O/c21-16-3-1-2-12(6-16)9-24-20(25)13-4-5-17-14(7-13)8-15-10-23-11-18(22)19(15)17/h1-7,10-11H,8-9H2,(H,24,25). The summed E-state index contributed by atoms with van der Waals surface area (Å²) in [5, 5.41) is 2.77. The highest BCUT2D eigenvalue weighted by atomic mass is 19.1. The second-order valence-corrected chi connectivity index (χ2v) is 6.02. The van der Waals surface area contributed by atoms with E-state index in [9.17, 15) is 13.6 Å². The van der Waals surface area contributed by atoms with E-state index in [-0.39, 0.29) is 24.1 Å². The molecular formula is C20H14F2N2O. The molecule has 5 heteroatoms. The Morgan fingerprint density at radius 1 is 1.08 bits per heavy atom. The first-order valence-corrected chi connectivity index (χ1v) is 7.90. The molecule has 0 bridgehead atoms. The number of hydrogen-bond donors (Lipinski definition) is 1. The molecule has 0 fully saturated rings. The second kappa shape index (κ2) is 6.09. The summed E-state index contributed by atoms with van der Waals surface area (Å²) >= 11 is 0. The molecule has 0 spiro atoms. The number of pyridine rings is 1. The molecule has 4 rings (SSSR count). The largest absolute Gasteiger partial charge is 0.348 e. The molecule has 124 valence electrons. The number of benzene rings is 2. The van der Waals surface area contributed by atoms with Gasteiger partial charge in [0.1, 0.15) is 11.6 Å². The molecular weight excluding hydrogens is 322 g/mol. The Balaban J connectivity index is 1.54. The van der Waals surface area contributed by atoms with Crippen molar-refractivity contribution in [2.45, 2.75) is 13.0 Å². The Labute approximate surface area is 143 Å².